The van der Waals surface area contributed by atoms with Crippen molar-refractivity contribution in [2.24, 2.45) is 0 Å². The third-order valence-corrected chi connectivity index (χ3v) is 12.9. The Labute approximate surface area is 356 Å². The zero-order valence-corrected chi connectivity index (χ0v) is 33.7. The summed E-state index contributed by atoms with van der Waals surface area (Å²) in [5.41, 5.74) is 11.9. The van der Waals surface area contributed by atoms with E-state index in [2.05, 4.69) is 181 Å². The minimum Gasteiger partial charge on any atom is -0.456 e. The van der Waals surface area contributed by atoms with Crippen LogP contribution >= 0.6 is 11.3 Å². The van der Waals surface area contributed by atoms with Gasteiger partial charge in [0.25, 0.3) is 0 Å². The third-order valence-electron chi connectivity index (χ3n) is 11.7. The molecule has 9 aromatic carbocycles. The van der Waals surface area contributed by atoms with Crippen molar-refractivity contribution in [2.75, 3.05) is 4.90 Å². The van der Waals surface area contributed by atoms with Crippen LogP contribution in [0, 0.1) is 0 Å². The summed E-state index contributed by atoms with van der Waals surface area (Å²) in [5, 5.41) is 6.93. The second-order valence-corrected chi connectivity index (χ2v) is 16.3. The number of para-hydroxylation sites is 1. The van der Waals surface area contributed by atoms with E-state index in [0.717, 1.165) is 77.9 Å². The predicted octanol–water partition coefficient (Wildman–Crippen LogP) is 16.0. The summed E-state index contributed by atoms with van der Waals surface area (Å²) < 4.78 is 9.51. The maximum Gasteiger partial charge on any atom is 0.160 e. The fourth-order valence-corrected chi connectivity index (χ4v) is 10.1. The molecule has 3 heterocycles. The summed E-state index contributed by atoms with van der Waals surface area (Å²) in [7, 11) is 0. The number of anilines is 3. The minimum absolute atomic E-state index is 0.680. The molecular formula is C56H35N3OS. The molecule has 3 aromatic heterocycles. The largest absolute Gasteiger partial charge is 0.456 e. The molecule has 0 amide bonds. The summed E-state index contributed by atoms with van der Waals surface area (Å²) in [6.07, 6.45) is 0. The molecule has 0 aliphatic heterocycles. The second kappa shape index (κ2) is 14.5. The lowest BCUT2D eigenvalue weighted by Gasteiger charge is -2.27. The molecule has 0 spiro atoms. The molecule has 0 N–H and O–H groups in total. The van der Waals surface area contributed by atoms with Crippen molar-refractivity contribution < 1.29 is 4.42 Å². The number of furan rings is 1. The molecule has 5 heteroatoms. The molecule has 0 aliphatic rings. The van der Waals surface area contributed by atoms with E-state index in [9.17, 15) is 0 Å². The van der Waals surface area contributed by atoms with Crippen molar-refractivity contribution in [1.82, 2.24) is 9.97 Å². The van der Waals surface area contributed by atoms with Crippen LogP contribution in [0.4, 0.5) is 17.1 Å². The normalized spacial score (nSPS) is 11.6. The van der Waals surface area contributed by atoms with Gasteiger partial charge in [0.05, 0.1) is 17.1 Å². The number of aromatic nitrogens is 2. The van der Waals surface area contributed by atoms with Crippen LogP contribution in [0.15, 0.2) is 217 Å². The van der Waals surface area contributed by atoms with Gasteiger partial charge in [-0.1, -0.05) is 164 Å². The smallest absolute Gasteiger partial charge is 0.160 e. The molecule has 4 nitrogen and oxygen atoms in total. The molecule has 0 atom stereocenters. The summed E-state index contributed by atoms with van der Waals surface area (Å²) in [6, 6.07) is 74.8. The van der Waals surface area contributed by atoms with Crippen molar-refractivity contribution in [1.29, 1.82) is 0 Å². The van der Waals surface area contributed by atoms with Crippen molar-refractivity contribution in [3.8, 4) is 45.0 Å². The summed E-state index contributed by atoms with van der Waals surface area (Å²) >= 11 is 1.86. The second-order valence-electron chi connectivity index (χ2n) is 15.3. The lowest BCUT2D eigenvalue weighted by atomic mass is 9.96. The van der Waals surface area contributed by atoms with Crippen LogP contribution in [0.3, 0.4) is 0 Å². The van der Waals surface area contributed by atoms with E-state index in [4.69, 9.17) is 14.4 Å². The number of hydrogen-bond donors (Lipinski definition) is 0. The topological polar surface area (TPSA) is 42.2 Å². The van der Waals surface area contributed by atoms with Crippen LogP contribution in [0.2, 0.25) is 0 Å². The first-order valence-corrected chi connectivity index (χ1v) is 21.3. The standard InChI is InChI=1S/C56H35N3OS/c1-4-16-37(17-5-1)47-34-48(58-56(57-47)38-18-6-2-7-19-38)46-27-15-28-50-54(46)53-44-24-11-10-22-42(44)49(35-51(53)60-50)59(39-20-8-3-9-21-39)40-32-30-36(31-33-40)41-25-14-26-45-43-23-12-13-29-52(43)61-55(41)45/h1-35H. The van der Waals surface area contributed by atoms with Crippen LogP contribution < -0.4 is 4.90 Å². The summed E-state index contributed by atoms with van der Waals surface area (Å²) in [6.45, 7) is 0. The average Bonchev–Trinajstić information content (AvgIpc) is 3.92. The zero-order valence-electron chi connectivity index (χ0n) is 32.9. The molecule has 0 saturated heterocycles. The summed E-state index contributed by atoms with van der Waals surface area (Å²) in [4.78, 5) is 12.7. The van der Waals surface area contributed by atoms with Gasteiger partial charge in [-0.25, -0.2) is 9.97 Å². The summed E-state index contributed by atoms with van der Waals surface area (Å²) in [5.74, 6) is 0.680. The number of thiophene rings is 1. The molecule has 0 fully saturated rings. The monoisotopic (exact) mass is 797 g/mol. The predicted molar refractivity (Wildman–Crippen MR) is 256 cm³/mol. The molecule has 286 valence electrons. The Hall–Kier alpha value is -7.86. The molecule has 0 saturated carbocycles. The molecule has 0 radical (unpaired) electrons. The highest BCUT2D eigenvalue weighted by Gasteiger charge is 2.23. The van der Waals surface area contributed by atoms with Crippen molar-refractivity contribution in [2.45, 2.75) is 0 Å². The van der Waals surface area contributed by atoms with E-state index >= 15 is 0 Å². The lowest BCUT2D eigenvalue weighted by Crippen LogP contribution is -2.10. The van der Waals surface area contributed by atoms with Gasteiger partial charge in [-0.2, -0.15) is 0 Å². The molecule has 0 bridgehead atoms. The highest BCUT2D eigenvalue weighted by atomic mass is 32.1. The number of nitrogens with zero attached hydrogens (tertiary/aromatic N) is 3. The first-order valence-electron chi connectivity index (χ1n) is 20.5. The molecule has 12 aromatic rings. The van der Waals surface area contributed by atoms with Gasteiger partial charge in [0.2, 0.25) is 0 Å². The molecule has 0 aliphatic carbocycles. The average molecular weight is 798 g/mol. The molecule has 0 unspecified atom stereocenters. The Morgan fingerprint density at radius 3 is 1.79 bits per heavy atom. The minimum atomic E-state index is 0.680. The van der Waals surface area contributed by atoms with Crippen LogP contribution in [0.5, 0.6) is 0 Å². The van der Waals surface area contributed by atoms with Gasteiger partial charge in [-0.15, -0.1) is 11.3 Å². The van der Waals surface area contributed by atoms with Gasteiger partial charge in [0, 0.05) is 70.5 Å². The quantitative estimate of drug-likeness (QED) is 0.161. The van der Waals surface area contributed by atoms with Crippen molar-refractivity contribution in [3.05, 3.63) is 212 Å². The zero-order chi connectivity index (χ0) is 40.3. The van der Waals surface area contributed by atoms with Crippen molar-refractivity contribution >= 4 is 81.3 Å². The van der Waals surface area contributed by atoms with E-state index in [-0.39, 0.29) is 0 Å². The van der Waals surface area contributed by atoms with E-state index in [1.54, 1.807) is 0 Å². The third kappa shape index (κ3) is 5.97. The highest BCUT2D eigenvalue weighted by Crippen LogP contribution is 2.47. The van der Waals surface area contributed by atoms with Crippen LogP contribution in [-0.4, -0.2) is 9.97 Å². The van der Waals surface area contributed by atoms with Gasteiger partial charge in [0.1, 0.15) is 11.2 Å². The first kappa shape index (κ1) is 35.1. The van der Waals surface area contributed by atoms with Crippen molar-refractivity contribution in [3.63, 3.8) is 0 Å². The van der Waals surface area contributed by atoms with E-state index < -0.39 is 0 Å². The van der Waals surface area contributed by atoms with Gasteiger partial charge in [0.15, 0.2) is 5.82 Å². The van der Waals surface area contributed by atoms with Crippen LogP contribution in [-0.2, 0) is 0 Å². The fraction of sp³-hybridized carbons (Fsp3) is 0. The maximum atomic E-state index is 6.89. The van der Waals surface area contributed by atoms with Crippen LogP contribution in [0.1, 0.15) is 0 Å². The number of rotatable bonds is 7. The van der Waals surface area contributed by atoms with Gasteiger partial charge in [-0.3, -0.25) is 0 Å². The van der Waals surface area contributed by atoms with E-state index in [1.165, 1.54) is 31.3 Å². The van der Waals surface area contributed by atoms with Gasteiger partial charge < -0.3 is 9.32 Å². The Morgan fingerprint density at radius 1 is 0.393 bits per heavy atom. The molecular weight excluding hydrogens is 763 g/mol. The lowest BCUT2D eigenvalue weighted by molar-refractivity contribution is 0.669. The Balaban J connectivity index is 1.04. The Morgan fingerprint density at radius 2 is 1.00 bits per heavy atom. The Kier molecular flexibility index (Phi) is 8.32. The number of hydrogen-bond acceptors (Lipinski definition) is 5. The SMILES string of the molecule is c1ccc(-c2cc(-c3cccc4oc5cc(N(c6ccccc6)c6ccc(-c7cccc8c7sc7ccccc78)cc6)c6ccccc6c5c34)nc(-c3ccccc3)n2)cc1. The van der Waals surface area contributed by atoms with Crippen LogP contribution in [0.25, 0.3) is 97.9 Å². The maximum absolute atomic E-state index is 6.89. The number of fused-ring (bicyclic) bond motifs is 8. The fourth-order valence-electron chi connectivity index (χ4n) is 8.89. The molecule has 12 rings (SSSR count). The number of benzene rings is 9. The first-order chi connectivity index (χ1) is 30.2. The molecule has 61 heavy (non-hydrogen) atoms. The van der Waals surface area contributed by atoms with E-state index in [0.29, 0.717) is 5.82 Å². The van der Waals surface area contributed by atoms with Gasteiger partial charge >= 0.3 is 0 Å². The van der Waals surface area contributed by atoms with Gasteiger partial charge in [-0.05, 0) is 59.0 Å². The Bertz CT molecular complexity index is 3520. The highest BCUT2D eigenvalue weighted by molar-refractivity contribution is 7.26. The van der Waals surface area contributed by atoms with E-state index in [1.807, 2.05) is 47.7 Å².